The molecule has 168 valence electrons. The lowest BCUT2D eigenvalue weighted by Gasteiger charge is -2.30. The summed E-state index contributed by atoms with van der Waals surface area (Å²) in [5.74, 6) is 1.64. The number of thiocarbonyl (C=S) groups is 1. The molecule has 3 N–H and O–H groups in total. The lowest BCUT2D eigenvalue weighted by Crippen LogP contribution is -2.42. The summed E-state index contributed by atoms with van der Waals surface area (Å²) in [6, 6.07) is 17.2. The van der Waals surface area contributed by atoms with Gasteiger partial charge in [-0.15, -0.1) is 11.8 Å². The zero-order valence-electron chi connectivity index (χ0n) is 18.8. The molecule has 3 aromatic rings. The highest BCUT2D eigenvalue weighted by Crippen LogP contribution is 2.26. The fraction of sp³-hybridized carbons (Fsp3) is 0.375. The van der Waals surface area contributed by atoms with E-state index in [1.807, 2.05) is 37.2 Å². The number of anilines is 3. The van der Waals surface area contributed by atoms with E-state index in [-0.39, 0.29) is 0 Å². The third-order valence-electron chi connectivity index (χ3n) is 5.75. The predicted octanol–water partition coefficient (Wildman–Crippen LogP) is 5.13. The first kappa shape index (κ1) is 22.6. The second-order valence-electron chi connectivity index (χ2n) is 8.30. The van der Waals surface area contributed by atoms with Gasteiger partial charge in [0, 0.05) is 42.1 Å². The van der Waals surface area contributed by atoms with Crippen molar-refractivity contribution in [1.82, 2.24) is 15.3 Å². The molecule has 32 heavy (non-hydrogen) atoms. The monoisotopic (exact) mass is 466 g/mol. The van der Waals surface area contributed by atoms with Crippen LogP contribution in [-0.4, -0.2) is 47.5 Å². The van der Waals surface area contributed by atoms with Crippen molar-refractivity contribution in [3.8, 4) is 0 Å². The Hall–Kier alpha value is -2.58. The number of hydrogen-bond acceptors (Lipinski definition) is 6. The van der Waals surface area contributed by atoms with Crippen LogP contribution in [0.15, 0.2) is 53.4 Å². The van der Waals surface area contributed by atoms with E-state index in [2.05, 4.69) is 52.5 Å². The number of aromatic nitrogens is 2. The minimum Gasteiger partial charge on any atom is -0.362 e. The van der Waals surface area contributed by atoms with Gasteiger partial charge in [-0.3, -0.25) is 0 Å². The highest BCUT2D eigenvalue weighted by atomic mass is 32.2. The first-order chi connectivity index (χ1) is 15.5. The van der Waals surface area contributed by atoms with Gasteiger partial charge in [-0.1, -0.05) is 12.1 Å². The van der Waals surface area contributed by atoms with Crippen LogP contribution >= 0.6 is 24.0 Å². The summed E-state index contributed by atoms with van der Waals surface area (Å²) >= 11 is 7.26. The summed E-state index contributed by atoms with van der Waals surface area (Å²) in [6.45, 7) is 0. The topological polar surface area (TPSA) is 65.1 Å². The Balaban J connectivity index is 1.30. The van der Waals surface area contributed by atoms with E-state index in [1.165, 1.54) is 4.90 Å². The standard InChI is InChI=1S/C24H30N6S2/c1-30(2)22-20-6-4-5-7-21(20)28-23(29-22)25-16-8-10-17(11-9-16)26-24(31)27-18-12-14-19(32-3)15-13-18/h4-7,12-17H,8-11H2,1-3H3,(H,25,28,29)(H2,26,27,31)/t16-,17+. The van der Waals surface area contributed by atoms with Crippen LogP contribution in [0.4, 0.5) is 17.5 Å². The Morgan fingerprint density at radius 3 is 2.34 bits per heavy atom. The SMILES string of the molecule is CSc1ccc(NC(=S)N[C@H]2CC[C@@H](Nc3nc(N(C)C)c4ccccc4n3)CC2)cc1. The van der Waals surface area contributed by atoms with Crippen molar-refractivity contribution >= 4 is 57.4 Å². The van der Waals surface area contributed by atoms with Crippen LogP contribution < -0.4 is 20.9 Å². The van der Waals surface area contributed by atoms with Gasteiger partial charge >= 0.3 is 0 Å². The molecule has 4 rings (SSSR count). The molecular weight excluding hydrogens is 436 g/mol. The van der Waals surface area contributed by atoms with Crippen molar-refractivity contribution in [2.24, 2.45) is 0 Å². The number of rotatable bonds is 6. The molecule has 8 heteroatoms. The highest BCUT2D eigenvalue weighted by molar-refractivity contribution is 7.98. The fourth-order valence-corrected chi connectivity index (χ4v) is 4.75. The van der Waals surface area contributed by atoms with Crippen LogP contribution in [0.5, 0.6) is 0 Å². The Kier molecular flexibility index (Phi) is 7.32. The number of nitrogens with zero attached hydrogens (tertiary/aromatic N) is 3. The van der Waals surface area contributed by atoms with E-state index in [0.717, 1.165) is 48.1 Å². The zero-order valence-corrected chi connectivity index (χ0v) is 20.4. The summed E-state index contributed by atoms with van der Waals surface area (Å²) in [5, 5.41) is 12.1. The third kappa shape index (κ3) is 5.61. The van der Waals surface area contributed by atoms with E-state index in [4.69, 9.17) is 22.2 Å². The first-order valence-electron chi connectivity index (χ1n) is 10.9. The second kappa shape index (κ2) is 10.4. The van der Waals surface area contributed by atoms with Crippen molar-refractivity contribution in [3.05, 3.63) is 48.5 Å². The molecule has 1 aliphatic carbocycles. The van der Waals surface area contributed by atoms with E-state index in [1.54, 1.807) is 11.8 Å². The van der Waals surface area contributed by atoms with Crippen LogP contribution in [0.2, 0.25) is 0 Å². The molecule has 0 radical (unpaired) electrons. The Bertz CT molecular complexity index is 1060. The van der Waals surface area contributed by atoms with Gasteiger partial charge in [-0.2, -0.15) is 4.98 Å². The van der Waals surface area contributed by atoms with Gasteiger partial charge in [0.25, 0.3) is 0 Å². The van der Waals surface area contributed by atoms with Crippen molar-refractivity contribution in [2.45, 2.75) is 42.7 Å². The molecule has 2 aromatic carbocycles. The van der Waals surface area contributed by atoms with E-state index >= 15 is 0 Å². The van der Waals surface area contributed by atoms with Crippen LogP contribution in [-0.2, 0) is 0 Å². The number of hydrogen-bond donors (Lipinski definition) is 3. The first-order valence-corrected chi connectivity index (χ1v) is 12.6. The minimum atomic E-state index is 0.366. The van der Waals surface area contributed by atoms with E-state index in [0.29, 0.717) is 23.1 Å². The van der Waals surface area contributed by atoms with Crippen LogP contribution in [0.3, 0.4) is 0 Å². The summed E-state index contributed by atoms with van der Waals surface area (Å²) in [5.41, 5.74) is 1.98. The number of benzene rings is 2. The van der Waals surface area contributed by atoms with Crippen LogP contribution in [0, 0.1) is 0 Å². The zero-order chi connectivity index (χ0) is 22.5. The molecule has 0 amide bonds. The van der Waals surface area contributed by atoms with E-state index in [9.17, 15) is 0 Å². The molecule has 1 fully saturated rings. The molecule has 0 aliphatic heterocycles. The Morgan fingerprint density at radius 2 is 1.66 bits per heavy atom. The Labute approximate surface area is 199 Å². The molecular formula is C24H30N6S2. The van der Waals surface area contributed by atoms with Gasteiger partial charge in [-0.05, 0) is 80.6 Å². The molecule has 0 bridgehead atoms. The van der Waals surface area contributed by atoms with Gasteiger partial charge in [0.2, 0.25) is 5.95 Å². The smallest absolute Gasteiger partial charge is 0.225 e. The van der Waals surface area contributed by atoms with Crippen molar-refractivity contribution in [2.75, 3.05) is 35.9 Å². The minimum absolute atomic E-state index is 0.366. The second-order valence-corrected chi connectivity index (χ2v) is 9.59. The largest absolute Gasteiger partial charge is 0.362 e. The molecule has 1 heterocycles. The highest BCUT2D eigenvalue weighted by Gasteiger charge is 2.22. The molecule has 0 saturated heterocycles. The summed E-state index contributed by atoms with van der Waals surface area (Å²) in [4.78, 5) is 12.8. The van der Waals surface area contributed by atoms with E-state index < -0.39 is 0 Å². The Morgan fingerprint density at radius 1 is 0.969 bits per heavy atom. The predicted molar refractivity (Wildman–Crippen MR) is 141 cm³/mol. The average Bonchev–Trinajstić information content (AvgIpc) is 2.80. The molecule has 1 aromatic heterocycles. The summed E-state index contributed by atoms with van der Waals surface area (Å²) < 4.78 is 0. The van der Waals surface area contributed by atoms with Crippen molar-refractivity contribution in [3.63, 3.8) is 0 Å². The number of fused-ring (bicyclic) bond motifs is 1. The van der Waals surface area contributed by atoms with Gasteiger partial charge in [-0.25, -0.2) is 4.98 Å². The molecule has 0 spiro atoms. The maximum atomic E-state index is 5.53. The number of para-hydroxylation sites is 1. The lowest BCUT2D eigenvalue weighted by molar-refractivity contribution is 0.387. The fourth-order valence-electron chi connectivity index (χ4n) is 4.06. The normalized spacial score (nSPS) is 18.2. The summed E-state index contributed by atoms with van der Waals surface area (Å²) in [6.07, 6.45) is 6.29. The lowest BCUT2D eigenvalue weighted by atomic mass is 9.91. The van der Waals surface area contributed by atoms with Crippen molar-refractivity contribution < 1.29 is 0 Å². The number of nitrogens with one attached hydrogen (secondary N) is 3. The van der Waals surface area contributed by atoms with Gasteiger partial charge < -0.3 is 20.9 Å². The molecule has 6 nitrogen and oxygen atoms in total. The molecule has 0 atom stereocenters. The number of thioether (sulfide) groups is 1. The summed E-state index contributed by atoms with van der Waals surface area (Å²) in [7, 11) is 4.03. The van der Waals surface area contributed by atoms with Crippen LogP contribution in [0.25, 0.3) is 10.9 Å². The molecule has 0 unspecified atom stereocenters. The van der Waals surface area contributed by atoms with Crippen LogP contribution in [0.1, 0.15) is 25.7 Å². The van der Waals surface area contributed by atoms with Gasteiger partial charge in [0.05, 0.1) is 5.52 Å². The third-order valence-corrected chi connectivity index (χ3v) is 6.71. The van der Waals surface area contributed by atoms with Crippen molar-refractivity contribution in [1.29, 1.82) is 0 Å². The average molecular weight is 467 g/mol. The molecule has 1 saturated carbocycles. The maximum Gasteiger partial charge on any atom is 0.225 e. The maximum absolute atomic E-state index is 5.53. The molecule has 1 aliphatic rings. The van der Waals surface area contributed by atoms with Gasteiger partial charge in [0.1, 0.15) is 5.82 Å². The van der Waals surface area contributed by atoms with Gasteiger partial charge in [0.15, 0.2) is 5.11 Å². The quantitative estimate of drug-likeness (QED) is 0.341.